The van der Waals surface area contributed by atoms with Crippen molar-refractivity contribution < 1.29 is 9.15 Å². The Morgan fingerprint density at radius 3 is 1.62 bits per heavy atom. The molecular weight excluding hydrogens is 978 g/mol. The van der Waals surface area contributed by atoms with Crippen molar-refractivity contribution in [2.75, 3.05) is 19.6 Å². The fourth-order valence-corrected chi connectivity index (χ4v) is 12.4. The van der Waals surface area contributed by atoms with Crippen molar-refractivity contribution in [3.8, 4) is 11.5 Å². The van der Waals surface area contributed by atoms with Gasteiger partial charge >= 0.3 is 0 Å². The van der Waals surface area contributed by atoms with Crippen molar-refractivity contribution in [2.45, 2.75) is 26.2 Å². The van der Waals surface area contributed by atoms with Crippen LogP contribution in [-0.2, 0) is 5.41 Å². The molecule has 0 unspecified atom stereocenters. The molecule has 15 rings (SSSR count). The lowest BCUT2D eigenvalue weighted by atomic mass is 9.34. The van der Waals surface area contributed by atoms with Gasteiger partial charge in [0.15, 0.2) is 0 Å². The summed E-state index contributed by atoms with van der Waals surface area (Å²) < 4.78 is 16.2. The fourth-order valence-electron chi connectivity index (χ4n) is 12.4. The Balaban J connectivity index is 1.01. The first-order valence-electron chi connectivity index (χ1n) is 27.4. The number of benzene rings is 10. The van der Waals surface area contributed by atoms with Crippen LogP contribution in [0.25, 0.3) is 27.5 Å². The van der Waals surface area contributed by atoms with Crippen molar-refractivity contribution in [1.29, 1.82) is 0 Å². The molecule has 0 N–H and O–H groups in total. The average molecular weight is 1030 g/mol. The second kappa shape index (κ2) is 18.8. The number of hydrogen-bond donors (Lipinski definition) is 0. The first-order chi connectivity index (χ1) is 39.3. The van der Waals surface area contributed by atoms with E-state index in [0.717, 1.165) is 107 Å². The van der Waals surface area contributed by atoms with Gasteiger partial charge in [-0.3, -0.25) is 4.90 Å². The molecule has 13 aromatic rings. The predicted molar refractivity (Wildman–Crippen MR) is 333 cm³/mol. The zero-order valence-corrected chi connectivity index (χ0v) is 44.6. The highest BCUT2D eigenvalue weighted by molar-refractivity contribution is 7.00. The number of fused-ring (bicyclic) bond motifs is 9. The van der Waals surface area contributed by atoms with Crippen molar-refractivity contribution in [2.24, 2.45) is 0 Å². The summed E-state index contributed by atoms with van der Waals surface area (Å²) in [5.74, 6) is 2.57. The zero-order valence-electron chi connectivity index (χ0n) is 44.6. The number of anilines is 12. The van der Waals surface area contributed by atoms with E-state index in [1.165, 1.54) is 22.0 Å². The molecule has 0 radical (unpaired) electrons. The highest BCUT2D eigenvalue weighted by Gasteiger charge is 2.46. The van der Waals surface area contributed by atoms with Gasteiger partial charge in [0.05, 0.1) is 11.1 Å². The van der Waals surface area contributed by atoms with Crippen LogP contribution in [-0.4, -0.2) is 11.1 Å². The van der Waals surface area contributed by atoms with Gasteiger partial charge in [0.2, 0.25) is 0 Å². The van der Waals surface area contributed by atoms with Gasteiger partial charge in [-0.1, -0.05) is 160 Å². The van der Waals surface area contributed by atoms with E-state index in [1.807, 2.05) is 30.3 Å². The lowest BCUT2D eigenvalue weighted by molar-refractivity contribution is 0.483. The molecule has 0 spiro atoms. The van der Waals surface area contributed by atoms with Crippen molar-refractivity contribution >= 4 is 119 Å². The van der Waals surface area contributed by atoms with Gasteiger partial charge in [-0.25, -0.2) is 0 Å². The number of para-hydroxylation sites is 7. The molecule has 8 heteroatoms. The highest BCUT2D eigenvalue weighted by Crippen LogP contribution is 2.51. The monoisotopic (exact) mass is 1030 g/mol. The summed E-state index contributed by atoms with van der Waals surface area (Å²) in [5, 5.41) is 2.17. The van der Waals surface area contributed by atoms with Gasteiger partial charge < -0.3 is 28.3 Å². The molecule has 80 heavy (non-hydrogen) atoms. The molecule has 0 saturated heterocycles. The summed E-state index contributed by atoms with van der Waals surface area (Å²) in [7, 11) is 0. The summed E-state index contributed by atoms with van der Waals surface area (Å²) in [6.45, 7) is 6.60. The fraction of sp³-hybridized carbons (Fsp3) is 0.0556. The van der Waals surface area contributed by atoms with Crippen LogP contribution in [0.1, 0.15) is 26.3 Å². The molecule has 382 valence electrons. The maximum absolute atomic E-state index is 6.98. The van der Waals surface area contributed by atoms with Gasteiger partial charge in [-0.2, -0.15) is 0 Å². The van der Waals surface area contributed by atoms with Gasteiger partial charge in [-0.05, 0) is 137 Å². The third-order valence-corrected chi connectivity index (χ3v) is 15.8. The van der Waals surface area contributed by atoms with Crippen molar-refractivity contribution in [3.05, 3.63) is 279 Å². The minimum absolute atomic E-state index is 0.164. The van der Waals surface area contributed by atoms with E-state index in [1.54, 1.807) is 0 Å². The van der Waals surface area contributed by atoms with Crippen LogP contribution in [0.4, 0.5) is 68.4 Å². The molecule has 0 fully saturated rings. The van der Waals surface area contributed by atoms with Crippen LogP contribution in [0.3, 0.4) is 0 Å². The Kier molecular flexibility index (Phi) is 11.1. The van der Waals surface area contributed by atoms with E-state index in [0.29, 0.717) is 0 Å². The first-order valence-corrected chi connectivity index (χ1v) is 27.4. The number of aromatic nitrogens is 1. The Morgan fingerprint density at radius 2 is 0.988 bits per heavy atom. The molecule has 0 bridgehead atoms. The molecule has 10 aromatic carbocycles. The van der Waals surface area contributed by atoms with Crippen LogP contribution < -0.4 is 40.7 Å². The van der Waals surface area contributed by atoms with Crippen LogP contribution in [0, 0.1) is 0 Å². The SMILES string of the molecule is CC(C)(C)c1ccc(N(c2ccccc2)c2ccc3c(c2)N(c2ccccc2)c2cc(Oc4ccccc4)cc4c2B3c2cc3cc(N(c5ccccc5)c5ccccc5)ccn3c2N4c2ccccc2)c2c1oc1ccccc12. The molecule has 3 aromatic heterocycles. The Bertz CT molecular complexity index is 4410. The highest BCUT2D eigenvalue weighted by atomic mass is 16.5. The normalized spacial score (nSPS) is 12.6. The van der Waals surface area contributed by atoms with Gasteiger partial charge in [0.25, 0.3) is 6.71 Å². The van der Waals surface area contributed by atoms with Gasteiger partial charge in [-0.15, -0.1) is 0 Å². The molecule has 0 amide bonds. The lowest BCUT2D eigenvalue weighted by Gasteiger charge is -2.43. The van der Waals surface area contributed by atoms with Crippen LogP contribution in [0.5, 0.6) is 11.5 Å². The second-order valence-corrected chi connectivity index (χ2v) is 21.8. The third-order valence-electron chi connectivity index (χ3n) is 15.8. The largest absolute Gasteiger partial charge is 0.457 e. The first kappa shape index (κ1) is 47.1. The molecular formula is C72H54BN5O2. The molecule has 7 nitrogen and oxygen atoms in total. The summed E-state index contributed by atoms with van der Waals surface area (Å²) in [6, 6.07) is 95.4. The minimum atomic E-state index is -0.187. The summed E-state index contributed by atoms with van der Waals surface area (Å²) in [6.07, 6.45) is 2.25. The number of pyridine rings is 1. The van der Waals surface area contributed by atoms with E-state index in [2.05, 4.69) is 288 Å². The quantitative estimate of drug-likeness (QED) is 0.127. The topological polar surface area (TPSA) is 39.7 Å². The number of nitrogens with zero attached hydrogens (tertiary/aromatic N) is 5. The number of rotatable bonds is 10. The molecule has 2 aliphatic heterocycles. The zero-order chi connectivity index (χ0) is 53.5. The maximum atomic E-state index is 6.98. The lowest BCUT2D eigenvalue weighted by Crippen LogP contribution is -2.61. The van der Waals surface area contributed by atoms with Crippen LogP contribution in [0.2, 0.25) is 0 Å². The van der Waals surface area contributed by atoms with Gasteiger partial charge in [0.1, 0.15) is 28.5 Å². The number of furan rings is 1. The molecule has 0 aliphatic carbocycles. The number of hydrogen-bond acceptors (Lipinski definition) is 6. The Morgan fingerprint density at radius 1 is 0.438 bits per heavy atom. The summed E-state index contributed by atoms with van der Waals surface area (Å²) in [5.41, 5.74) is 19.0. The van der Waals surface area contributed by atoms with E-state index in [-0.39, 0.29) is 12.1 Å². The van der Waals surface area contributed by atoms with E-state index >= 15 is 0 Å². The van der Waals surface area contributed by atoms with Crippen LogP contribution >= 0.6 is 0 Å². The second-order valence-electron chi connectivity index (χ2n) is 21.8. The third kappa shape index (κ3) is 7.74. The maximum Gasteiger partial charge on any atom is 0.254 e. The standard InChI is InChI=1S/C72H54BN5O2/c1-72(2,3)60-39-41-63(68-59-36-22-23-37-67(59)80-70(60)68)76(51-28-14-6-15-29-51)54-38-40-61-64(46-54)77(52-30-16-7-17-31-52)65-47-58(79-57-34-20-9-21-35-57)48-66-69(65)73(61)62-45-56-44-55(42-43-74(56)71(62)78(66)53-32-18-8-19-33-53)75(49-24-10-4-11-25-49)50-26-12-5-13-27-50/h4-48H,1-3H3. The van der Waals surface area contributed by atoms with E-state index in [9.17, 15) is 0 Å². The smallest absolute Gasteiger partial charge is 0.254 e. The van der Waals surface area contributed by atoms with E-state index < -0.39 is 0 Å². The summed E-state index contributed by atoms with van der Waals surface area (Å²) in [4.78, 5) is 9.66. The molecule has 0 atom stereocenters. The minimum Gasteiger partial charge on any atom is -0.457 e. The summed E-state index contributed by atoms with van der Waals surface area (Å²) >= 11 is 0. The van der Waals surface area contributed by atoms with Crippen molar-refractivity contribution in [1.82, 2.24) is 4.40 Å². The molecule has 2 aliphatic rings. The molecule has 5 heterocycles. The predicted octanol–water partition coefficient (Wildman–Crippen LogP) is 18.0. The Hall–Kier alpha value is -10.2. The van der Waals surface area contributed by atoms with E-state index in [4.69, 9.17) is 9.15 Å². The Labute approximate surface area is 466 Å². The average Bonchev–Trinajstić information content (AvgIpc) is 4.24. The number of ether oxygens (including phenoxy) is 1. The van der Waals surface area contributed by atoms with Crippen LogP contribution in [0.15, 0.2) is 278 Å². The molecule has 0 saturated carbocycles. The van der Waals surface area contributed by atoms with Crippen molar-refractivity contribution in [3.63, 3.8) is 0 Å². The van der Waals surface area contributed by atoms with Gasteiger partial charge in [0, 0.05) is 91.7 Å².